The average Bonchev–Trinajstić information content (AvgIpc) is 2.69. The molecule has 0 aliphatic carbocycles. The van der Waals surface area contributed by atoms with Crippen molar-refractivity contribution in [3.8, 4) is 22.6 Å². The molecule has 0 heterocycles. The summed E-state index contributed by atoms with van der Waals surface area (Å²) < 4.78 is 11.5. The van der Waals surface area contributed by atoms with Gasteiger partial charge in [0, 0.05) is 0 Å². The lowest BCUT2D eigenvalue weighted by atomic mass is 9.83. The molecule has 0 aromatic heterocycles. The fourth-order valence-electron chi connectivity index (χ4n) is 2.96. The fourth-order valence-corrected chi connectivity index (χ4v) is 2.96. The van der Waals surface area contributed by atoms with Crippen LogP contribution in [-0.2, 0) is 4.79 Å². The van der Waals surface area contributed by atoms with Gasteiger partial charge in [0.05, 0.1) is 11.5 Å². The molecule has 0 spiro atoms. The summed E-state index contributed by atoms with van der Waals surface area (Å²) in [6.07, 6.45) is 3.78. The first-order valence-corrected chi connectivity index (χ1v) is 10.0. The molecule has 0 N–H and O–H groups in total. The summed E-state index contributed by atoms with van der Waals surface area (Å²) in [6.45, 7) is 10.3. The minimum absolute atomic E-state index is 0.147. The summed E-state index contributed by atoms with van der Waals surface area (Å²) in [7, 11) is 0. The number of esters is 1. The molecule has 0 radical (unpaired) electrons. The van der Waals surface area contributed by atoms with Crippen molar-refractivity contribution < 1.29 is 14.3 Å². The van der Waals surface area contributed by atoms with Crippen LogP contribution < -0.4 is 9.47 Å². The van der Waals surface area contributed by atoms with E-state index in [0.29, 0.717) is 5.75 Å². The second-order valence-corrected chi connectivity index (χ2v) is 7.44. The van der Waals surface area contributed by atoms with Crippen LogP contribution in [0.5, 0.6) is 11.5 Å². The molecular formula is C24H32O3. The molecule has 0 fully saturated rings. The van der Waals surface area contributed by atoms with Crippen molar-refractivity contribution in [2.75, 3.05) is 0 Å². The van der Waals surface area contributed by atoms with E-state index in [1.54, 1.807) is 0 Å². The van der Waals surface area contributed by atoms with Crippen molar-refractivity contribution in [3.63, 3.8) is 0 Å². The molecule has 0 saturated carbocycles. The highest BCUT2D eigenvalue weighted by atomic mass is 16.5. The van der Waals surface area contributed by atoms with Gasteiger partial charge in [-0.15, -0.1) is 0 Å². The van der Waals surface area contributed by atoms with Gasteiger partial charge in [-0.2, -0.15) is 0 Å². The van der Waals surface area contributed by atoms with Gasteiger partial charge in [0.2, 0.25) is 0 Å². The van der Waals surface area contributed by atoms with E-state index in [1.807, 2.05) is 62.4 Å². The zero-order valence-electron chi connectivity index (χ0n) is 17.2. The molecule has 2 aromatic carbocycles. The third-order valence-corrected chi connectivity index (χ3v) is 5.24. The molecule has 2 aromatic rings. The summed E-state index contributed by atoms with van der Waals surface area (Å²) in [6, 6.07) is 15.8. The molecular weight excluding hydrogens is 336 g/mol. The third-order valence-electron chi connectivity index (χ3n) is 5.24. The Morgan fingerprint density at radius 2 is 1.44 bits per heavy atom. The SMILES string of the molecule is CCCC(C)(CC)C(=O)Oc1ccc(-c2ccc(OC(C)CC)cc2)cc1. The number of hydrogen-bond acceptors (Lipinski definition) is 3. The highest BCUT2D eigenvalue weighted by Gasteiger charge is 2.32. The Balaban J connectivity index is 2.05. The number of ether oxygens (including phenoxy) is 2. The number of carbonyl (C=O) groups excluding carboxylic acids is 1. The van der Waals surface area contributed by atoms with Gasteiger partial charge in [0.1, 0.15) is 11.5 Å². The maximum Gasteiger partial charge on any atom is 0.317 e. The van der Waals surface area contributed by atoms with Gasteiger partial charge < -0.3 is 9.47 Å². The van der Waals surface area contributed by atoms with E-state index in [0.717, 1.165) is 42.6 Å². The normalized spacial score (nSPS) is 14.3. The first kappa shape index (κ1) is 21.0. The standard InChI is InChI=1S/C24H32O3/c1-6-17-24(5,8-3)23(25)27-22-15-11-20(12-16-22)19-9-13-21(14-10-19)26-18(4)7-2/h9-16,18H,6-8,17H2,1-5H3. The maximum atomic E-state index is 12.5. The maximum absolute atomic E-state index is 12.5. The lowest BCUT2D eigenvalue weighted by Gasteiger charge is -2.25. The molecule has 2 unspecified atom stereocenters. The van der Waals surface area contributed by atoms with Crippen molar-refractivity contribution in [1.82, 2.24) is 0 Å². The number of carbonyl (C=O) groups is 1. The topological polar surface area (TPSA) is 35.5 Å². The molecule has 0 saturated heterocycles. The van der Waals surface area contributed by atoms with Crippen LogP contribution in [0.1, 0.15) is 60.3 Å². The molecule has 0 aliphatic heterocycles. The average molecular weight is 369 g/mol. The molecule has 0 amide bonds. The second kappa shape index (κ2) is 9.59. The lowest BCUT2D eigenvalue weighted by molar-refractivity contribution is -0.145. The molecule has 2 atom stereocenters. The Morgan fingerprint density at radius 1 is 0.926 bits per heavy atom. The van der Waals surface area contributed by atoms with Crippen LogP contribution in [-0.4, -0.2) is 12.1 Å². The van der Waals surface area contributed by atoms with Gasteiger partial charge in [-0.1, -0.05) is 51.5 Å². The third kappa shape index (κ3) is 5.59. The van der Waals surface area contributed by atoms with E-state index in [9.17, 15) is 4.79 Å². The van der Waals surface area contributed by atoms with Gasteiger partial charge in [-0.05, 0) is 68.5 Å². The van der Waals surface area contributed by atoms with Crippen LogP contribution >= 0.6 is 0 Å². The largest absolute Gasteiger partial charge is 0.491 e. The van der Waals surface area contributed by atoms with Crippen LogP contribution in [0.25, 0.3) is 11.1 Å². The quantitative estimate of drug-likeness (QED) is 0.367. The Hall–Kier alpha value is -2.29. The highest BCUT2D eigenvalue weighted by molar-refractivity contribution is 5.79. The first-order chi connectivity index (χ1) is 12.9. The Labute approximate surface area is 163 Å². The number of hydrogen-bond donors (Lipinski definition) is 0. The fraction of sp³-hybridized carbons (Fsp3) is 0.458. The molecule has 3 nitrogen and oxygen atoms in total. The van der Waals surface area contributed by atoms with E-state index in [1.165, 1.54) is 0 Å². The molecule has 3 heteroatoms. The molecule has 0 bridgehead atoms. The summed E-state index contributed by atoms with van der Waals surface area (Å²) in [5.74, 6) is 1.33. The predicted octanol–water partition coefficient (Wildman–Crippen LogP) is 6.65. The first-order valence-electron chi connectivity index (χ1n) is 10.0. The van der Waals surface area contributed by atoms with E-state index in [-0.39, 0.29) is 12.1 Å². The summed E-state index contributed by atoms with van der Waals surface area (Å²) >= 11 is 0. The van der Waals surface area contributed by atoms with Gasteiger partial charge >= 0.3 is 5.97 Å². The van der Waals surface area contributed by atoms with E-state index in [2.05, 4.69) is 20.8 Å². The van der Waals surface area contributed by atoms with Gasteiger partial charge in [0.15, 0.2) is 0 Å². The molecule has 2 rings (SSSR count). The predicted molar refractivity (Wildman–Crippen MR) is 111 cm³/mol. The minimum Gasteiger partial charge on any atom is -0.491 e. The van der Waals surface area contributed by atoms with E-state index in [4.69, 9.17) is 9.47 Å². The van der Waals surface area contributed by atoms with Crippen molar-refractivity contribution >= 4 is 5.97 Å². The van der Waals surface area contributed by atoms with Crippen LogP contribution in [0.2, 0.25) is 0 Å². The summed E-state index contributed by atoms with van der Waals surface area (Å²) in [4.78, 5) is 12.5. The van der Waals surface area contributed by atoms with Crippen molar-refractivity contribution in [2.45, 2.75) is 66.4 Å². The van der Waals surface area contributed by atoms with E-state index >= 15 is 0 Å². The minimum atomic E-state index is -0.418. The Morgan fingerprint density at radius 3 is 1.89 bits per heavy atom. The van der Waals surface area contributed by atoms with Gasteiger partial charge in [0.25, 0.3) is 0 Å². The zero-order chi connectivity index (χ0) is 19.9. The molecule has 27 heavy (non-hydrogen) atoms. The van der Waals surface area contributed by atoms with Crippen molar-refractivity contribution in [3.05, 3.63) is 48.5 Å². The van der Waals surface area contributed by atoms with Crippen LogP contribution in [0.4, 0.5) is 0 Å². The zero-order valence-corrected chi connectivity index (χ0v) is 17.2. The van der Waals surface area contributed by atoms with Crippen molar-refractivity contribution in [2.24, 2.45) is 5.41 Å². The smallest absolute Gasteiger partial charge is 0.317 e. The Bertz CT molecular complexity index is 718. The van der Waals surface area contributed by atoms with Crippen LogP contribution in [0.15, 0.2) is 48.5 Å². The summed E-state index contributed by atoms with van der Waals surface area (Å²) in [5.41, 5.74) is 1.77. The lowest BCUT2D eigenvalue weighted by Crippen LogP contribution is -2.31. The van der Waals surface area contributed by atoms with E-state index < -0.39 is 5.41 Å². The Kier molecular flexibility index (Phi) is 7.46. The second-order valence-electron chi connectivity index (χ2n) is 7.44. The number of benzene rings is 2. The summed E-state index contributed by atoms with van der Waals surface area (Å²) in [5, 5.41) is 0. The van der Waals surface area contributed by atoms with Crippen molar-refractivity contribution in [1.29, 1.82) is 0 Å². The molecule has 146 valence electrons. The van der Waals surface area contributed by atoms with Crippen LogP contribution in [0, 0.1) is 5.41 Å². The number of rotatable bonds is 9. The molecule has 0 aliphatic rings. The van der Waals surface area contributed by atoms with Gasteiger partial charge in [-0.3, -0.25) is 4.79 Å². The highest BCUT2D eigenvalue weighted by Crippen LogP contribution is 2.31. The monoisotopic (exact) mass is 368 g/mol. The van der Waals surface area contributed by atoms with Crippen LogP contribution in [0.3, 0.4) is 0 Å². The van der Waals surface area contributed by atoms with Gasteiger partial charge in [-0.25, -0.2) is 0 Å².